The van der Waals surface area contributed by atoms with Gasteiger partial charge in [-0.05, 0) is 37.6 Å². The van der Waals surface area contributed by atoms with Gasteiger partial charge in [-0.25, -0.2) is 0 Å². The second kappa shape index (κ2) is 7.58. The molecule has 0 N–H and O–H groups in total. The molecule has 0 saturated carbocycles. The lowest BCUT2D eigenvalue weighted by Gasteiger charge is -2.18. The molecule has 1 saturated heterocycles. The van der Waals surface area contributed by atoms with Crippen molar-refractivity contribution >= 4 is 19.2 Å². The van der Waals surface area contributed by atoms with E-state index in [4.69, 9.17) is 18.5 Å². The lowest BCUT2D eigenvalue weighted by atomic mass is 10.0. The summed E-state index contributed by atoms with van der Waals surface area (Å²) in [5.41, 5.74) is 0.942. The number of epoxide rings is 1. The fourth-order valence-electron chi connectivity index (χ4n) is 3.84. The fraction of sp³-hybridized carbons (Fsp3) is 0.381. The summed E-state index contributed by atoms with van der Waals surface area (Å²) in [4.78, 5) is 15.2. The molecule has 8 heteroatoms. The molecule has 0 aromatic heterocycles. The normalized spacial score (nSPS) is 22.8. The summed E-state index contributed by atoms with van der Waals surface area (Å²) < 4.78 is 35.5. The van der Waals surface area contributed by atoms with Crippen LogP contribution in [0.15, 0.2) is 48.5 Å². The van der Waals surface area contributed by atoms with Crippen LogP contribution in [-0.4, -0.2) is 32.1 Å². The molecule has 2 heterocycles. The van der Waals surface area contributed by atoms with Crippen molar-refractivity contribution in [2.24, 2.45) is 0 Å². The van der Waals surface area contributed by atoms with Crippen molar-refractivity contribution in [3.8, 4) is 5.75 Å². The third-order valence-electron chi connectivity index (χ3n) is 5.13. The number of anilines is 1. The summed E-state index contributed by atoms with van der Waals surface area (Å²) in [6, 6.07) is 15.1. The number of carbonyl (C=O) groups is 1. The average molecular weight is 417 g/mol. The summed E-state index contributed by atoms with van der Waals surface area (Å²) in [7, 11) is -2.07. The lowest BCUT2D eigenvalue weighted by Crippen LogP contribution is -2.33. The number of nitrogens with zero attached hydrogens (tertiary/aromatic N) is 1. The molecule has 0 unspecified atom stereocenters. The molecule has 154 valence electrons. The summed E-state index contributed by atoms with van der Waals surface area (Å²) in [6.07, 6.45) is 0. The predicted octanol–water partition coefficient (Wildman–Crippen LogP) is 4.06. The maximum Gasteiger partial charge on any atom is 0.363 e. The van der Waals surface area contributed by atoms with Crippen molar-refractivity contribution in [3.05, 3.63) is 59.7 Å². The SMILES string of the molecule is CCOP(=O)(OCC)[C@H]1O[C@]12C(=O)N(Cc1ccccc1)c1ccc(OC)cc12. The Kier molecular flexibility index (Phi) is 5.25. The number of methoxy groups -OCH3 is 1. The lowest BCUT2D eigenvalue weighted by molar-refractivity contribution is -0.123. The van der Waals surface area contributed by atoms with Gasteiger partial charge in [0, 0.05) is 5.56 Å². The third-order valence-corrected chi connectivity index (χ3v) is 7.41. The molecular formula is C21H24NO6P. The zero-order chi connectivity index (χ0) is 20.6. The van der Waals surface area contributed by atoms with Crippen LogP contribution in [0, 0.1) is 0 Å². The number of hydrogen-bond acceptors (Lipinski definition) is 6. The van der Waals surface area contributed by atoms with E-state index in [1.165, 1.54) is 0 Å². The van der Waals surface area contributed by atoms with Crippen LogP contribution in [0.2, 0.25) is 0 Å². The number of ether oxygens (including phenoxy) is 2. The largest absolute Gasteiger partial charge is 0.497 e. The highest BCUT2D eigenvalue weighted by Crippen LogP contribution is 2.72. The molecule has 7 nitrogen and oxygen atoms in total. The van der Waals surface area contributed by atoms with Crippen molar-refractivity contribution in [1.82, 2.24) is 0 Å². The average Bonchev–Trinajstić information content (AvgIpc) is 3.46. The summed E-state index contributed by atoms with van der Waals surface area (Å²) in [5, 5.41) is 0. The Morgan fingerprint density at radius 3 is 2.41 bits per heavy atom. The van der Waals surface area contributed by atoms with Crippen molar-refractivity contribution in [3.63, 3.8) is 0 Å². The Morgan fingerprint density at radius 2 is 1.79 bits per heavy atom. The minimum Gasteiger partial charge on any atom is -0.497 e. The molecule has 1 amide bonds. The van der Waals surface area contributed by atoms with Gasteiger partial charge in [-0.15, -0.1) is 0 Å². The highest BCUT2D eigenvalue weighted by molar-refractivity contribution is 7.55. The van der Waals surface area contributed by atoms with Gasteiger partial charge in [0.1, 0.15) is 5.75 Å². The quantitative estimate of drug-likeness (QED) is 0.476. The molecule has 1 spiro atoms. The van der Waals surface area contributed by atoms with Gasteiger partial charge in [0.25, 0.3) is 5.91 Å². The number of carbonyl (C=O) groups excluding carboxylic acids is 1. The monoisotopic (exact) mass is 417 g/mol. The molecule has 2 atom stereocenters. The Morgan fingerprint density at radius 1 is 1.10 bits per heavy atom. The summed E-state index contributed by atoms with van der Waals surface area (Å²) in [5.74, 6) is -0.655. The van der Waals surface area contributed by atoms with Crippen LogP contribution >= 0.6 is 7.60 Å². The van der Waals surface area contributed by atoms with Crippen LogP contribution < -0.4 is 9.64 Å². The van der Waals surface area contributed by atoms with E-state index in [1.54, 1.807) is 38.0 Å². The maximum absolute atomic E-state index is 13.5. The predicted molar refractivity (Wildman–Crippen MR) is 108 cm³/mol. The Bertz CT molecular complexity index is 955. The standard InChI is InChI=1S/C21H24NO6P/c1-4-26-29(24,27-5-2)20-21(28-20)17-13-16(25-3)11-12-18(17)22(19(21)23)14-15-9-7-6-8-10-15/h6-13,20H,4-5,14H2,1-3H3/t20-,21-/m1/s1. The van der Waals surface area contributed by atoms with Gasteiger partial charge in [0.2, 0.25) is 11.4 Å². The second-order valence-corrected chi connectivity index (χ2v) is 8.91. The summed E-state index contributed by atoms with van der Waals surface area (Å²) >= 11 is 0. The first-order chi connectivity index (χ1) is 14.0. The van der Waals surface area contributed by atoms with Crippen LogP contribution in [0.1, 0.15) is 25.0 Å². The second-order valence-electron chi connectivity index (χ2n) is 6.84. The molecule has 4 rings (SSSR count). The molecule has 0 bridgehead atoms. The van der Waals surface area contributed by atoms with Gasteiger partial charge >= 0.3 is 7.60 Å². The highest BCUT2D eigenvalue weighted by Gasteiger charge is 2.76. The van der Waals surface area contributed by atoms with E-state index in [2.05, 4.69) is 0 Å². The molecule has 29 heavy (non-hydrogen) atoms. The molecule has 1 fully saturated rings. The Balaban J connectivity index is 1.76. The minimum atomic E-state index is -3.63. The van der Waals surface area contributed by atoms with Crippen LogP contribution in [0.4, 0.5) is 5.69 Å². The van der Waals surface area contributed by atoms with Gasteiger partial charge in [-0.2, -0.15) is 0 Å². The van der Waals surface area contributed by atoms with E-state index in [-0.39, 0.29) is 19.1 Å². The molecule has 2 aliphatic heterocycles. The summed E-state index contributed by atoms with van der Waals surface area (Å²) in [6.45, 7) is 4.23. The maximum atomic E-state index is 13.5. The van der Waals surface area contributed by atoms with Gasteiger partial charge in [-0.3, -0.25) is 9.36 Å². The third kappa shape index (κ3) is 3.19. The van der Waals surface area contributed by atoms with Crippen molar-refractivity contribution < 1.29 is 27.9 Å². The number of amides is 1. The Hall–Kier alpha value is -2.18. The number of rotatable bonds is 8. The minimum absolute atomic E-state index is 0.195. The number of fused-ring (bicyclic) bond motifs is 2. The van der Waals surface area contributed by atoms with E-state index in [0.717, 1.165) is 5.56 Å². The van der Waals surface area contributed by atoms with Crippen molar-refractivity contribution in [2.45, 2.75) is 31.8 Å². The van der Waals surface area contributed by atoms with Crippen LogP contribution in [0.3, 0.4) is 0 Å². The van der Waals surface area contributed by atoms with Crippen LogP contribution in [-0.2, 0) is 35.3 Å². The first kappa shape index (κ1) is 20.1. The highest BCUT2D eigenvalue weighted by atomic mass is 31.2. The van der Waals surface area contributed by atoms with Gasteiger partial charge in [-0.1, -0.05) is 30.3 Å². The number of benzene rings is 2. The van der Waals surface area contributed by atoms with E-state index in [0.29, 0.717) is 23.5 Å². The topological polar surface area (TPSA) is 77.6 Å². The van der Waals surface area contributed by atoms with Gasteiger partial charge < -0.3 is 23.4 Å². The molecule has 0 aliphatic carbocycles. The zero-order valence-corrected chi connectivity index (χ0v) is 17.6. The van der Waals surface area contributed by atoms with Gasteiger partial charge in [0.15, 0.2) is 0 Å². The molecule has 2 aliphatic rings. The van der Waals surface area contributed by atoms with E-state index >= 15 is 0 Å². The van der Waals surface area contributed by atoms with Gasteiger partial charge in [0.05, 0.1) is 32.6 Å². The Labute approximate surface area is 170 Å². The fourth-order valence-corrected chi connectivity index (χ4v) is 5.89. The van der Waals surface area contributed by atoms with E-state index in [1.807, 2.05) is 36.4 Å². The number of hydrogen-bond donors (Lipinski definition) is 0. The first-order valence-electron chi connectivity index (χ1n) is 9.61. The van der Waals surface area contributed by atoms with E-state index in [9.17, 15) is 9.36 Å². The van der Waals surface area contributed by atoms with Crippen molar-refractivity contribution in [1.29, 1.82) is 0 Å². The van der Waals surface area contributed by atoms with Crippen LogP contribution in [0.25, 0.3) is 0 Å². The molecular weight excluding hydrogens is 393 g/mol. The van der Waals surface area contributed by atoms with E-state index < -0.39 is 19.0 Å². The molecule has 2 aromatic rings. The van der Waals surface area contributed by atoms with Crippen LogP contribution in [0.5, 0.6) is 5.75 Å². The molecule has 2 aromatic carbocycles. The molecule has 0 radical (unpaired) electrons. The first-order valence-corrected chi connectivity index (χ1v) is 11.2. The zero-order valence-electron chi connectivity index (χ0n) is 16.7. The van der Waals surface area contributed by atoms with Crippen molar-refractivity contribution in [2.75, 3.05) is 25.2 Å². The smallest absolute Gasteiger partial charge is 0.363 e.